The summed E-state index contributed by atoms with van der Waals surface area (Å²) in [5.41, 5.74) is 0.502. The molecule has 0 heterocycles. The molecule has 0 saturated carbocycles. The lowest BCUT2D eigenvalue weighted by Gasteiger charge is -2.29. The second kappa shape index (κ2) is 6.45. The van der Waals surface area contributed by atoms with Gasteiger partial charge in [-0.3, -0.25) is 4.79 Å². The van der Waals surface area contributed by atoms with E-state index >= 15 is 0 Å². The Morgan fingerprint density at radius 1 is 1.26 bits per heavy atom. The number of anilines is 1. The molecule has 0 N–H and O–H groups in total. The third kappa shape index (κ3) is 4.16. The molecule has 1 aromatic rings. The van der Waals surface area contributed by atoms with Gasteiger partial charge in [0, 0.05) is 19.3 Å². The summed E-state index contributed by atoms with van der Waals surface area (Å²) in [6, 6.07) is 7.83. The van der Waals surface area contributed by atoms with Crippen molar-refractivity contribution in [2.45, 2.75) is 20.8 Å². The van der Waals surface area contributed by atoms with Crippen LogP contribution in [-0.4, -0.2) is 33.3 Å². The maximum atomic E-state index is 11.7. The predicted molar refractivity (Wildman–Crippen MR) is 76.7 cm³/mol. The van der Waals surface area contributed by atoms with Crippen LogP contribution in [0.15, 0.2) is 24.3 Å². The summed E-state index contributed by atoms with van der Waals surface area (Å²) >= 11 is 0. The fraction of sp³-hybridized carbons (Fsp3) is 0.533. The zero-order chi connectivity index (χ0) is 14.5. The number of nitrogens with zero attached hydrogens (tertiary/aromatic N) is 1. The number of carbonyl (C=O) groups excluding carboxylic acids is 1. The Labute approximate surface area is 115 Å². The summed E-state index contributed by atoms with van der Waals surface area (Å²) in [6.07, 6.45) is 0. The van der Waals surface area contributed by atoms with Crippen LogP contribution in [0.4, 0.5) is 5.69 Å². The van der Waals surface area contributed by atoms with E-state index in [1.54, 1.807) is 0 Å². The molecular formula is C15H23NO3. The van der Waals surface area contributed by atoms with Crippen LogP contribution in [0.25, 0.3) is 0 Å². The predicted octanol–water partition coefficient (Wildman–Crippen LogP) is 2.72. The van der Waals surface area contributed by atoms with Gasteiger partial charge in [-0.1, -0.05) is 0 Å². The van der Waals surface area contributed by atoms with Gasteiger partial charge < -0.3 is 14.4 Å². The van der Waals surface area contributed by atoms with Gasteiger partial charge in [-0.2, -0.15) is 0 Å². The van der Waals surface area contributed by atoms with Crippen molar-refractivity contribution in [3.05, 3.63) is 24.3 Å². The Morgan fingerprint density at radius 2 is 1.84 bits per heavy atom. The number of ether oxygens (including phenoxy) is 2. The van der Waals surface area contributed by atoms with E-state index in [9.17, 15) is 4.79 Å². The highest BCUT2D eigenvalue weighted by molar-refractivity contribution is 5.76. The normalized spacial score (nSPS) is 11.0. The van der Waals surface area contributed by atoms with E-state index in [0.717, 1.165) is 11.4 Å². The first-order chi connectivity index (χ1) is 8.90. The largest absolute Gasteiger partial charge is 0.494 e. The summed E-state index contributed by atoms with van der Waals surface area (Å²) in [5.74, 6) is 0.650. The summed E-state index contributed by atoms with van der Waals surface area (Å²) in [4.78, 5) is 13.7. The van der Waals surface area contributed by atoms with Crippen molar-refractivity contribution in [2.24, 2.45) is 5.41 Å². The van der Waals surface area contributed by atoms with E-state index in [2.05, 4.69) is 0 Å². The maximum Gasteiger partial charge on any atom is 0.313 e. The Morgan fingerprint density at radius 3 is 2.32 bits per heavy atom. The van der Waals surface area contributed by atoms with Crippen molar-refractivity contribution in [3.8, 4) is 5.75 Å². The highest BCUT2D eigenvalue weighted by atomic mass is 16.5. The average Bonchev–Trinajstić information content (AvgIpc) is 2.38. The number of methoxy groups -OCH3 is 1. The Kier molecular flexibility index (Phi) is 5.21. The molecule has 1 aromatic carbocycles. The van der Waals surface area contributed by atoms with Crippen molar-refractivity contribution in [1.82, 2.24) is 0 Å². The molecule has 0 aromatic heterocycles. The van der Waals surface area contributed by atoms with Crippen molar-refractivity contribution in [3.63, 3.8) is 0 Å². The minimum atomic E-state index is -0.540. The van der Waals surface area contributed by atoms with E-state index in [0.29, 0.717) is 13.2 Å². The molecule has 0 bridgehead atoms. The van der Waals surface area contributed by atoms with E-state index in [1.165, 1.54) is 7.11 Å². The number of benzene rings is 1. The quantitative estimate of drug-likeness (QED) is 0.741. The lowest BCUT2D eigenvalue weighted by Crippen LogP contribution is -2.38. The van der Waals surface area contributed by atoms with Gasteiger partial charge in [-0.15, -0.1) is 0 Å². The molecule has 106 valence electrons. The smallest absolute Gasteiger partial charge is 0.313 e. The number of hydrogen-bond acceptors (Lipinski definition) is 4. The molecule has 0 atom stereocenters. The highest BCUT2D eigenvalue weighted by Crippen LogP contribution is 2.24. The zero-order valence-corrected chi connectivity index (χ0v) is 12.4. The van der Waals surface area contributed by atoms with Crippen LogP contribution >= 0.6 is 0 Å². The minimum absolute atomic E-state index is 0.203. The first-order valence-electron chi connectivity index (χ1n) is 6.43. The molecule has 4 heteroatoms. The molecule has 0 aliphatic heterocycles. The molecule has 0 unspecified atom stereocenters. The molecule has 19 heavy (non-hydrogen) atoms. The molecule has 1 rings (SSSR count). The summed E-state index contributed by atoms with van der Waals surface area (Å²) < 4.78 is 10.2. The lowest BCUT2D eigenvalue weighted by atomic mass is 9.93. The van der Waals surface area contributed by atoms with E-state index in [-0.39, 0.29) is 5.97 Å². The molecule has 0 aliphatic rings. The Bertz CT molecular complexity index is 412. The van der Waals surface area contributed by atoms with Crippen LogP contribution in [0, 0.1) is 5.41 Å². The van der Waals surface area contributed by atoms with Crippen LogP contribution in [0.3, 0.4) is 0 Å². The molecule has 0 amide bonds. The summed E-state index contributed by atoms with van der Waals surface area (Å²) in [7, 11) is 3.38. The molecule has 4 nitrogen and oxygen atoms in total. The summed E-state index contributed by atoms with van der Waals surface area (Å²) in [6.45, 7) is 6.96. The third-order valence-electron chi connectivity index (χ3n) is 2.96. The monoisotopic (exact) mass is 265 g/mol. The zero-order valence-electron chi connectivity index (χ0n) is 12.4. The van der Waals surface area contributed by atoms with Gasteiger partial charge in [0.05, 0.1) is 19.1 Å². The van der Waals surface area contributed by atoms with E-state index in [1.807, 2.05) is 57.0 Å². The standard InChI is InChI=1S/C15H23NO3/c1-6-19-13-9-7-12(8-10-13)16(4)11-15(2,3)14(17)18-5/h7-10H,6,11H2,1-5H3. The van der Waals surface area contributed by atoms with Gasteiger partial charge in [0.15, 0.2) is 0 Å². The van der Waals surface area contributed by atoms with Gasteiger partial charge in [0.2, 0.25) is 0 Å². The molecule has 0 aliphatic carbocycles. The van der Waals surface area contributed by atoms with Gasteiger partial charge in [-0.25, -0.2) is 0 Å². The number of carbonyl (C=O) groups is 1. The lowest BCUT2D eigenvalue weighted by molar-refractivity contribution is -0.150. The number of hydrogen-bond donors (Lipinski definition) is 0. The average molecular weight is 265 g/mol. The minimum Gasteiger partial charge on any atom is -0.494 e. The molecular weight excluding hydrogens is 242 g/mol. The highest BCUT2D eigenvalue weighted by Gasteiger charge is 2.30. The maximum absolute atomic E-state index is 11.7. The van der Waals surface area contributed by atoms with Crippen LogP contribution < -0.4 is 9.64 Å². The number of esters is 1. The SMILES string of the molecule is CCOc1ccc(N(C)CC(C)(C)C(=O)OC)cc1. The van der Waals surface area contributed by atoms with Crippen molar-refractivity contribution in [1.29, 1.82) is 0 Å². The van der Waals surface area contributed by atoms with Gasteiger partial charge in [0.1, 0.15) is 5.75 Å². The van der Waals surface area contributed by atoms with Crippen LogP contribution in [-0.2, 0) is 9.53 Å². The number of rotatable bonds is 6. The first-order valence-corrected chi connectivity index (χ1v) is 6.43. The second-order valence-electron chi connectivity index (χ2n) is 5.16. The second-order valence-corrected chi connectivity index (χ2v) is 5.16. The molecule has 0 spiro atoms. The topological polar surface area (TPSA) is 38.8 Å². The van der Waals surface area contributed by atoms with Gasteiger partial charge in [-0.05, 0) is 45.0 Å². The van der Waals surface area contributed by atoms with Gasteiger partial charge in [0.25, 0.3) is 0 Å². The van der Waals surface area contributed by atoms with Crippen molar-refractivity contribution in [2.75, 3.05) is 32.2 Å². The van der Waals surface area contributed by atoms with E-state index in [4.69, 9.17) is 9.47 Å². The van der Waals surface area contributed by atoms with E-state index < -0.39 is 5.41 Å². The Hall–Kier alpha value is -1.71. The third-order valence-corrected chi connectivity index (χ3v) is 2.96. The molecule has 0 fully saturated rings. The van der Waals surface area contributed by atoms with Crippen LogP contribution in [0.2, 0.25) is 0 Å². The van der Waals surface area contributed by atoms with Gasteiger partial charge >= 0.3 is 5.97 Å². The summed E-state index contributed by atoms with van der Waals surface area (Å²) in [5, 5.41) is 0. The van der Waals surface area contributed by atoms with Crippen molar-refractivity contribution >= 4 is 11.7 Å². The first kappa shape index (κ1) is 15.3. The fourth-order valence-corrected chi connectivity index (χ4v) is 1.99. The van der Waals surface area contributed by atoms with Crippen molar-refractivity contribution < 1.29 is 14.3 Å². The van der Waals surface area contributed by atoms with Crippen LogP contribution in [0.5, 0.6) is 5.75 Å². The van der Waals surface area contributed by atoms with Crippen LogP contribution in [0.1, 0.15) is 20.8 Å². The molecule has 0 radical (unpaired) electrons. The molecule has 0 saturated heterocycles. The Balaban J connectivity index is 2.72. The fourth-order valence-electron chi connectivity index (χ4n) is 1.99.